The smallest absolute Gasteiger partial charge is 0.322 e. The molecule has 0 saturated heterocycles. The highest BCUT2D eigenvalue weighted by atomic mass is 32.2. The summed E-state index contributed by atoms with van der Waals surface area (Å²) in [6, 6.07) is 18.4. The van der Waals surface area contributed by atoms with E-state index in [1.807, 2.05) is 43.3 Å². The van der Waals surface area contributed by atoms with E-state index in [4.69, 9.17) is 20.7 Å². The number of aliphatic carboxylic acids is 1. The number of nitrogens with zero attached hydrogens (tertiary/aromatic N) is 3. The minimum absolute atomic E-state index is 0.0711. The van der Waals surface area contributed by atoms with Gasteiger partial charge in [0.2, 0.25) is 16.0 Å². The standard InChI is InChI=1S/C27H33N7O6S/c1-34(2)22-10-6-20(7-11-22)30-31-21-8-14-24(15-9-21)41(37,38)33-25(26(35)36)18-19-4-12-23(13-5-19)39-16-3-17-40-32-27(28)29/h4-15,25,33H,3,16-18H2,1-2H3,(H,35,36)(H4,28,29,32)/b31-30+/t25-/m0/s1. The number of hydrogen-bond acceptors (Lipinski definition) is 9. The summed E-state index contributed by atoms with van der Waals surface area (Å²) in [5, 5.41) is 25.0. The molecule has 0 heterocycles. The van der Waals surface area contributed by atoms with Crippen molar-refractivity contribution in [3.63, 3.8) is 0 Å². The minimum Gasteiger partial charge on any atom is -0.494 e. The van der Waals surface area contributed by atoms with E-state index in [9.17, 15) is 18.3 Å². The molecule has 0 fully saturated rings. The Hall–Kier alpha value is -4.53. The molecule has 0 bridgehead atoms. The highest BCUT2D eigenvalue weighted by molar-refractivity contribution is 7.89. The summed E-state index contributed by atoms with van der Waals surface area (Å²) in [5.41, 5.74) is 10.0. The molecule has 218 valence electrons. The van der Waals surface area contributed by atoms with Crippen molar-refractivity contribution in [3.8, 4) is 5.75 Å². The van der Waals surface area contributed by atoms with Gasteiger partial charge in [0.05, 0.1) is 29.5 Å². The van der Waals surface area contributed by atoms with Gasteiger partial charge in [-0.3, -0.25) is 15.0 Å². The first-order valence-electron chi connectivity index (χ1n) is 12.5. The van der Waals surface area contributed by atoms with Gasteiger partial charge in [0, 0.05) is 26.2 Å². The maximum Gasteiger partial charge on any atom is 0.322 e. The molecule has 0 unspecified atom stereocenters. The van der Waals surface area contributed by atoms with Crippen molar-refractivity contribution in [1.29, 1.82) is 5.41 Å². The molecule has 0 aliphatic carbocycles. The maximum absolute atomic E-state index is 12.9. The Kier molecular flexibility index (Phi) is 11.1. The molecular formula is C27H33N7O6S. The average Bonchev–Trinajstić information content (AvgIpc) is 2.94. The Labute approximate surface area is 238 Å². The van der Waals surface area contributed by atoms with Crippen LogP contribution in [-0.2, 0) is 26.1 Å². The third-order valence-electron chi connectivity index (χ3n) is 5.59. The molecule has 3 aromatic carbocycles. The molecule has 0 radical (unpaired) electrons. The summed E-state index contributed by atoms with van der Waals surface area (Å²) in [5.74, 6) is -1.04. The van der Waals surface area contributed by atoms with Crippen LogP contribution in [0, 0.1) is 5.41 Å². The fraction of sp³-hybridized carbons (Fsp3) is 0.259. The van der Waals surface area contributed by atoms with Crippen molar-refractivity contribution in [2.75, 3.05) is 32.2 Å². The second-order valence-electron chi connectivity index (χ2n) is 9.03. The minimum atomic E-state index is -4.13. The largest absolute Gasteiger partial charge is 0.494 e. The normalized spacial score (nSPS) is 12.1. The van der Waals surface area contributed by atoms with Crippen LogP contribution in [0.2, 0.25) is 0 Å². The Morgan fingerprint density at radius 3 is 2.10 bits per heavy atom. The number of ether oxygens (including phenoxy) is 1. The Bertz CT molecular complexity index is 1430. The number of nitrogens with two attached hydrogens (primary N) is 1. The lowest BCUT2D eigenvalue weighted by molar-refractivity contribution is -0.138. The van der Waals surface area contributed by atoms with Crippen molar-refractivity contribution >= 4 is 39.0 Å². The third-order valence-corrected chi connectivity index (χ3v) is 7.08. The van der Waals surface area contributed by atoms with Gasteiger partial charge in [-0.15, -0.1) is 0 Å². The van der Waals surface area contributed by atoms with E-state index in [0.29, 0.717) is 35.7 Å². The highest BCUT2D eigenvalue weighted by Gasteiger charge is 2.25. The lowest BCUT2D eigenvalue weighted by atomic mass is 10.1. The summed E-state index contributed by atoms with van der Waals surface area (Å²) >= 11 is 0. The zero-order valence-electron chi connectivity index (χ0n) is 22.6. The Morgan fingerprint density at radius 1 is 0.976 bits per heavy atom. The highest BCUT2D eigenvalue weighted by Crippen LogP contribution is 2.23. The molecule has 0 saturated carbocycles. The molecule has 41 heavy (non-hydrogen) atoms. The van der Waals surface area contributed by atoms with Gasteiger partial charge in [-0.05, 0) is 72.6 Å². The van der Waals surface area contributed by atoms with E-state index in [1.165, 1.54) is 24.3 Å². The zero-order valence-corrected chi connectivity index (χ0v) is 23.5. The summed E-state index contributed by atoms with van der Waals surface area (Å²) in [6.45, 7) is 0.636. The number of sulfonamides is 1. The van der Waals surface area contributed by atoms with E-state index in [0.717, 1.165) is 5.69 Å². The van der Waals surface area contributed by atoms with E-state index < -0.39 is 22.0 Å². The Balaban J connectivity index is 1.55. The van der Waals surface area contributed by atoms with Crippen LogP contribution >= 0.6 is 0 Å². The van der Waals surface area contributed by atoms with Crippen LogP contribution in [0.15, 0.2) is 87.9 Å². The Morgan fingerprint density at radius 2 is 1.56 bits per heavy atom. The number of carbonyl (C=O) groups is 1. The van der Waals surface area contributed by atoms with Crippen LogP contribution in [0.3, 0.4) is 0 Å². The van der Waals surface area contributed by atoms with Gasteiger partial charge in [0.1, 0.15) is 11.8 Å². The summed E-state index contributed by atoms with van der Waals surface area (Å²) < 4.78 is 33.7. The number of rotatable bonds is 15. The number of guanidine groups is 1. The molecule has 0 aliphatic rings. The van der Waals surface area contributed by atoms with Crippen LogP contribution in [-0.4, -0.2) is 58.8 Å². The van der Waals surface area contributed by atoms with Crippen molar-refractivity contribution in [1.82, 2.24) is 10.2 Å². The monoisotopic (exact) mass is 583 g/mol. The number of azo groups is 1. The quantitative estimate of drug-likeness (QED) is 0.0587. The zero-order chi connectivity index (χ0) is 29.8. The van der Waals surface area contributed by atoms with Gasteiger partial charge in [-0.2, -0.15) is 15.0 Å². The van der Waals surface area contributed by atoms with Crippen LogP contribution in [0.25, 0.3) is 0 Å². The summed E-state index contributed by atoms with van der Waals surface area (Å²) in [4.78, 5) is 18.7. The molecule has 1 atom stereocenters. The van der Waals surface area contributed by atoms with Crippen molar-refractivity contribution < 1.29 is 27.9 Å². The van der Waals surface area contributed by atoms with Crippen molar-refractivity contribution in [2.24, 2.45) is 16.0 Å². The summed E-state index contributed by atoms with van der Waals surface area (Å²) in [6.07, 6.45) is 0.470. The number of benzene rings is 3. The molecule has 13 nitrogen and oxygen atoms in total. The number of carboxylic acids is 1. The third kappa shape index (κ3) is 10.2. The average molecular weight is 584 g/mol. The first-order valence-corrected chi connectivity index (χ1v) is 14.0. The van der Waals surface area contributed by atoms with Gasteiger partial charge < -0.3 is 20.5 Å². The van der Waals surface area contributed by atoms with Gasteiger partial charge in [-0.1, -0.05) is 12.1 Å². The predicted molar refractivity (Wildman–Crippen MR) is 154 cm³/mol. The second-order valence-corrected chi connectivity index (χ2v) is 10.7. The molecule has 0 spiro atoms. The van der Waals surface area contributed by atoms with Crippen molar-refractivity contribution in [3.05, 3.63) is 78.4 Å². The molecule has 0 amide bonds. The molecule has 14 heteroatoms. The van der Waals surface area contributed by atoms with E-state index in [2.05, 4.69) is 20.4 Å². The first kappa shape index (κ1) is 31.0. The fourth-order valence-electron chi connectivity index (χ4n) is 3.47. The number of hydroxylamine groups is 1. The number of anilines is 1. The lowest BCUT2D eigenvalue weighted by Crippen LogP contribution is -2.42. The molecule has 3 rings (SSSR count). The molecule has 0 aromatic heterocycles. The molecule has 0 aliphatic heterocycles. The first-order chi connectivity index (χ1) is 19.5. The predicted octanol–water partition coefficient (Wildman–Crippen LogP) is 3.33. The van der Waals surface area contributed by atoms with Gasteiger partial charge in [-0.25, -0.2) is 13.9 Å². The van der Waals surface area contributed by atoms with Crippen LogP contribution in [0.1, 0.15) is 12.0 Å². The number of hydrogen-bond donors (Lipinski definition) is 5. The lowest BCUT2D eigenvalue weighted by Gasteiger charge is -2.15. The van der Waals surface area contributed by atoms with Gasteiger partial charge >= 0.3 is 5.97 Å². The van der Waals surface area contributed by atoms with Crippen LogP contribution in [0.4, 0.5) is 17.1 Å². The van der Waals surface area contributed by atoms with Crippen molar-refractivity contribution in [2.45, 2.75) is 23.8 Å². The van der Waals surface area contributed by atoms with E-state index in [1.54, 1.807) is 24.3 Å². The van der Waals surface area contributed by atoms with Gasteiger partial charge in [0.15, 0.2) is 0 Å². The molecule has 3 aromatic rings. The second kappa shape index (κ2) is 14.7. The SMILES string of the molecule is CN(C)c1ccc(/N=N/c2ccc(S(=O)(=O)N[C@@H](Cc3ccc(OCCCONC(=N)N)cc3)C(=O)O)cc2)cc1. The van der Waals surface area contributed by atoms with Gasteiger partial charge in [0.25, 0.3) is 0 Å². The molecule has 6 N–H and O–H groups in total. The van der Waals surface area contributed by atoms with E-state index in [-0.39, 0.29) is 23.9 Å². The topological polar surface area (TPSA) is 192 Å². The van der Waals surface area contributed by atoms with Crippen LogP contribution in [0.5, 0.6) is 5.75 Å². The summed E-state index contributed by atoms with van der Waals surface area (Å²) in [7, 11) is -0.251. The number of carboxylic acid groups (broad SMARTS) is 1. The number of nitrogens with one attached hydrogen (secondary N) is 3. The maximum atomic E-state index is 12.9. The fourth-order valence-corrected chi connectivity index (χ4v) is 4.66. The van der Waals surface area contributed by atoms with Crippen LogP contribution < -0.4 is 25.6 Å². The molecular weight excluding hydrogens is 550 g/mol. The van der Waals surface area contributed by atoms with E-state index >= 15 is 0 Å².